The molecule has 1 aliphatic rings. The summed E-state index contributed by atoms with van der Waals surface area (Å²) < 4.78 is 0. The lowest BCUT2D eigenvalue weighted by molar-refractivity contribution is -0.153. The summed E-state index contributed by atoms with van der Waals surface area (Å²) in [6, 6.07) is 8.39. The molecule has 20 heavy (non-hydrogen) atoms. The Bertz CT molecular complexity index is 477. The Morgan fingerprint density at radius 2 is 2.20 bits per heavy atom. The van der Waals surface area contributed by atoms with Crippen molar-refractivity contribution in [1.29, 1.82) is 0 Å². The molecule has 110 valence electrons. The first-order valence-electron chi connectivity index (χ1n) is 7.19. The second-order valence-electron chi connectivity index (χ2n) is 5.57. The van der Waals surface area contributed by atoms with Gasteiger partial charge in [0.05, 0.1) is 5.41 Å². The molecule has 1 aromatic carbocycles. The number of benzene rings is 1. The number of likely N-dealkylation sites (tertiary alicyclic amines) is 1. The second kappa shape index (κ2) is 6.64. The maximum Gasteiger partial charge on any atom is 0.310 e. The lowest BCUT2D eigenvalue weighted by Crippen LogP contribution is -2.47. The number of carbonyl (C=O) groups is 1. The van der Waals surface area contributed by atoms with Crippen molar-refractivity contribution in [3.63, 3.8) is 0 Å². The van der Waals surface area contributed by atoms with Crippen LogP contribution in [0.3, 0.4) is 0 Å². The molecule has 0 bridgehead atoms. The molecule has 1 aliphatic heterocycles. The number of carboxylic acids is 1. The van der Waals surface area contributed by atoms with Crippen LogP contribution in [0.4, 0.5) is 0 Å². The fourth-order valence-corrected chi connectivity index (χ4v) is 3.66. The van der Waals surface area contributed by atoms with Crippen LogP contribution in [0.25, 0.3) is 0 Å². The van der Waals surface area contributed by atoms with Crippen molar-refractivity contribution in [2.45, 2.75) is 37.6 Å². The molecule has 0 unspecified atom stereocenters. The number of nitrogens with zero attached hydrogens (tertiary/aromatic N) is 1. The fourth-order valence-electron chi connectivity index (χ4n) is 3.05. The Kier molecular flexibility index (Phi) is 5.11. The van der Waals surface area contributed by atoms with E-state index < -0.39 is 11.4 Å². The number of thioether (sulfide) groups is 1. The molecule has 4 heteroatoms. The molecule has 3 nitrogen and oxygen atoms in total. The first-order valence-corrected chi connectivity index (χ1v) is 8.41. The van der Waals surface area contributed by atoms with E-state index in [0.717, 1.165) is 25.9 Å². The van der Waals surface area contributed by atoms with Crippen molar-refractivity contribution in [2.24, 2.45) is 5.41 Å². The SMILES string of the molecule is CC[C@]1(C(=O)O)CCCN(Cc2ccccc2SC)C1. The number of rotatable bonds is 5. The topological polar surface area (TPSA) is 40.5 Å². The zero-order valence-corrected chi connectivity index (χ0v) is 13.1. The highest BCUT2D eigenvalue weighted by Gasteiger charge is 2.40. The van der Waals surface area contributed by atoms with Crippen LogP contribution in [0.5, 0.6) is 0 Å². The molecular weight excluding hydrogens is 270 g/mol. The summed E-state index contributed by atoms with van der Waals surface area (Å²) >= 11 is 1.75. The van der Waals surface area contributed by atoms with E-state index in [-0.39, 0.29) is 0 Å². The van der Waals surface area contributed by atoms with E-state index in [2.05, 4.69) is 35.4 Å². The van der Waals surface area contributed by atoms with Crippen molar-refractivity contribution in [3.05, 3.63) is 29.8 Å². The summed E-state index contributed by atoms with van der Waals surface area (Å²) in [6.45, 7) is 4.51. The van der Waals surface area contributed by atoms with E-state index in [1.54, 1.807) is 11.8 Å². The quantitative estimate of drug-likeness (QED) is 0.844. The van der Waals surface area contributed by atoms with Gasteiger partial charge < -0.3 is 5.11 Å². The normalized spacial score (nSPS) is 23.7. The number of hydrogen-bond donors (Lipinski definition) is 1. The molecule has 0 spiro atoms. The van der Waals surface area contributed by atoms with Crippen LogP contribution in [0.15, 0.2) is 29.2 Å². The lowest BCUT2D eigenvalue weighted by atomic mass is 9.77. The minimum Gasteiger partial charge on any atom is -0.481 e. The monoisotopic (exact) mass is 293 g/mol. The van der Waals surface area contributed by atoms with Gasteiger partial charge in [0, 0.05) is 18.0 Å². The Balaban J connectivity index is 2.12. The van der Waals surface area contributed by atoms with E-state index in [0.29, 0.717) is 13.0 Å². The summed E-state index contributed by atoms with van der Waals surface area (Å²) in [7, 11) is 0. The summed E-state index contributed by atoms with van der Waals surface area (Å²) in [5.41, 5.74) is 0.754. The maximum atomic E-state index is 11.6. The van der Waals surface area contributed by atoms with Gasteiger partial charge in [0.25, 0.3) is 0 Å². The summed E-state index contributed by atoms with van der Waals surface area (Å²) in [4.78, 5) is 15.2. The minimum absolute atomic E-state index is 0.549. The van der Waals surface area contributed by atoms with Gasteiger partial charge in [0.15, 0.2) is 0 Å². The Morgan fingerprint density at radius 3 is 2.85 bits per heavy atom. The van der Waals surface area contributed by atoms with E-state index >= 15 is 0 Å². The average molecular weight is 293 g/mol. The Labute approximate surface area is 125 Å². The van der Waals surface area contributed by atoms with E-state index in [4.69, 9.17) is 0 Å². The van der Waals surface area contributed by atoms with Gasteiger partial charge >= 0.3 is 5.97 Å². The largest absolute Gasteiger partial charge is 0.481 e. The van der Waals surface area contributed by atoms with Crippen molar-refractivity contribution in [1.82, 2.24) is 4.90 Å². The van der Waals surface area contributed by atoms with E-state index in [9.17, 15) is 9.90 Å². The Hall–Kier alpha value is -1.00. The van der Waals surface area contributed by atoms with Gasteiger partial charge in [-0.25, -0.2) is 0 Å². The van der Waals surface area contributed by atoms with Crippen LogP contribution in [0.1, 0.15) is 31.7 Å². The zero-order chi connectivity index (χ0) is 14.6. The Morgan fingerprint density at radius 1 is 1.45 bits per heavy atom. The standard InChI is InChI=1S/C16H23NO2S/c1-3-16(15(18)19)9-6-10-17(12-16)11-13-7-4-5-8-14(13)20-2/h4-5,7-8H,3,6,9-12H2,1-2H3,(H,18,19)/t16-/m0/s1. The summed E-state index contributed by atoms with van der Waals surface area (Å²) in [5, 5.41) is 9.54. The molecule has 1 aromatic rings. The van der Waals surface area contributed by atoms with Crippen LogP contribution in [0, 0.1) is 5.41 Å². The molecule has 1 fully saturated rings. The maximum absolute atomic E-state index is 11.6. The van der Waals surface area contributed by atoms with Crippen molar-refractivity contribution >= 4 is 17.7 Å². The molecule has 1 N–H and O–H groups in total. The molecule has 1 heterocycles. The third-order valence-electron chi connectivity index (χ3n) is 4.37. The molecule has 0 amide bonds. The lowest BCUT2D eigenvalue weighted by Gasteiger charge is -2.39. The fraction of sp³-hybridized carbons (Fsp3) is 0.562. The van der Waals surface area contributed by atoms with Crippen LogP contribution in [-0.2, 0) is 11.3 Å². The van der Waals surface area contributed by atoms with E-state index in [1.807, 2.05) is 6.92 Å². The average Bonchev–Trinajstić information content (AvgIpc) is 2.47. The molecule has 0 saturated carbocycles. The van der Waals surface area contributed by atoms with Gasteiger partial charge in [0.1, 0.15) is 0 Å². The first kappa shape index (κ1) is 15.4. The van der Waals surface area contributed by atoms with Crippen molar-refractivity contribution in [3.8, 4) is 0 Å². The third kappa shape index (κ3) is 3.18. The number of piperidine rings is 1. The van der Waals surface area contributed by atoms with Crippen LogP contribution in [0.2, 0.25) is 0 Å². The molecule has 1 saturated heterocycles. The predicted molar refractivity (Wildman–Crippen MR) is 83.1 cm³/mol. The highest BCUT2D eigenvalue weighted by Crippen LogP contribution is 2.34. The molecule has 0 aromatic heterocycles. The number of aliphatic carboxylic acids is 1. The van der Waals surface area contributed by atoms with Gasteiger partial charge in [-0.3, -0.25) is 9.69 Å². The number of carboxylic acid groups (broad SMARTS) is 1. The molecule has 0 aliphatic carbocycles. The van der Waals surface area contributed by atoms with Crippen LogP contribution in [-0.4, -0.2) is 35.3 Å². The number of hydrogen-bond acceptors (Lipinski definition) is 3. The van der Waals surface area contributed by atoms with Crippen molar-refractivity contribution < 1.29 is 9.90 Å². The minimum atomic E-state index is -0.636. The summed E-state index contributed by atoms with van der Waals surface area (Å²) in [6.07, 6.45) is 4.58. The molecule has 2 rings (SSSR count). The second-order valence-corrected chi connectivity index (χ2v) is 6.41. The molecular formula is C16H23NO2S. The zero-order valence-electron chi connectivity index (χ0n) is 12.3. The first-order chi connectivity index (χ1) is 9.61. The van der Waals surface area contributed by atoms with Crippen molar-refractivity contribution in [2.75, 3.05) is 19.3 Å². The summed E-state index contributed by atoms with van der Waals surface area (Å²) in [5.74, 6) is -0.636. The van der Waals surface area contributed by atoms with Gasteiger partial charge in [-0.1, -0.05) is 25.1 Å². The van der Waals surface area contributed by atoms with E-state index in [1.165, 1.54) is 10.5 Å². The molecule has 0 radical (unpaired) electrons. The van der Waals surface area contributed by atoms with Crippen LogP contribution < -0.4 is 0 Å². The third-order valence-corrected chi connectivity index (χ3v) is 5.21. The van der Waals surface area contributed by atoms with Gasteiger partial charge in [-0.05, 0) is 43.7 Å². The predicted octanol–water partition coefficient (Wildman–Crippen LogP) is 3.49. The highest BCUT2D eigenvalue weighted by molar-refractivity contribution is 7.98. The smallest absolute Gasteiger partial charge is 0.310 e. The van der Waals surface area contributed by atoms with Crippen LogP contribution >= 0.6 is 11.8 Å². The van der Waals surface area contributed by atoms with Gasteiger partial charge in [0.2, 0.25) is 0 Å². The van der Waals surface area contributed by atoms with Gasteiger partial charge in [-0.2, -0.15) is 0 Å². The van der Waals surface area contributed by atoms with Gasteiger partial charge in [-0.15, -0.1) is 11.8 Å². The highest BCUT2D eigenvalue weighted by atomic mass is 32.2. The molecule has 1 atom stereocenters.